The van der Waals surface area contributed by atoms with Crippen molar-refractivity contribution in [1.82, 2.24) is 9.80 Å². The Bertz CT molecular complexity index is 565. The standard InChI is InChI=1S/C16H18N2O4/c19-14(7-6-12-4-2-1-3-5-12)17-8-13(9-17)10-18-15(20)11-22-16(18)21/h1-5,13H,6-11H2. The molecule has 1 aromatic rings. The molecule has 2 fully saturated rings. The monoisotopic (exact) mass is 302 g/mol. The number of likely N-dealkylation sites (tertiary alicyclic amines) is 1. The van der Waals surface area contributed by atoms with Crippen LogP contribution in [0.2, 0.25) is 0 Å². The summed E-state index contributed by atoms with van der Waals surface area (Å²) < 4.78 is 4.67. The number of hydrogen-bond acceptors (Lipinski definition) is 4. The molecular formula is C16H18N2O4. The molecule has 2 aliphatic rings. The molecule has 0 bridgehead atoms. The third kappa shape index (κ3) is 3.10. The summed E-state index contributed by atoms with van der Waals surface area (Å²) in [7, 11) is 0. The van der Waals surface area contributed by atoms with E-state index in [-0.39, 0.29) is 24.3 Å². The summed E-state index contributed by atoms with van der Waals surface area (Å²) in [6.45, 7) is 1.39. The number of ether oxygens (including phenoxy) is 1. The maximum Gasteiger partial charge on any atom is 0.417 e. The number of nitrogens with zero attached hydrogens (tertiary/aromatic N) is 2. The van der Waals surface area contributed by atoms with Gasteiger partial charge < -0.3 is 9.64 Å². The largest absolute Gasteiger partial charge is 0.439 e. The highest BCUT2D eigenvalue weighted by Crippen LogP contribution is 2.20. The van der Waals surface area contributed by atoms with E-state index >= 15 is 0 Å². The molecule has 3 rings (SSSR count). The van der Waals surface area contributed by atoms with Gasteiger partial charge in [0, 0.05) is 32.0 Å². The van der Waals surface area contributed by atoms with Gasteiger partial charge in [-0.2, -0.15) is 0 Å². The van der Waals surface area contributed by atoms with E-state index in [0.717, 1.165) is 16.9 Å². The zero-order valence-corrected chi connectivity index (χ0v) is 12.2. The number of cyclic esters (lactones) is 1. The Labute approximate surface area is 128 Å². The Balaban J connectivity index is 1.40. The molecule has 116 valence electrons. The topological polar surface area (TPSA) is 66.9 Å². The molecule has 0 atom stereocenters. The SMILES string of the molecule is O=C(CCc1ccccc1)N1CC(CN2C(=O)COC2=O)C1. The number of carbonyl (C=O) groups is 3. The number of carbonyl (C=O) groups excluding carboxylic acids is 3. The Morgan fingerprint density at radius 1 is 1.18 bits per heavy atom. The van der Waals surface area contributed by atoms with Crippen LogP contribution in [0.25, 0.3) is 0 Å². The van der Waals surface area contributed by atoms with Crippen molar-refractivity contribution in [1.29, 1.82) is 0 Å². The molecule has 2 saturated heterocycles. The molecule has 0 N–H and O–H groups in total. The molecule has 6 heteroatoms. The van der Waals surface area contributed by atoms with E-state index in [9.17, 15) is 14.4 Å². The first-order valence-corrected chi connectivity index (χ1v) is 7.42. The minimum atomic E-state index is -0.571. The number of amides is 3. The van der Waals surface area contributed by atoms with Crippen LogP contribution in [-0.2, 0) is 20.7 Å². The maximum atomic E-state index is 12.1. The van der Waals surface area contributed by atoms with Crippen LogP contribution < -0.4 is 0 Å². The van der Waals surface area contributed by atoms with E-state index in [1.54, 1.807) is 4.90 Å². The molecule has 0 spiro atoms. The zero-order valence-electron chi connectivity index (χ0n) is 12.2. The first-order valence-electron chi connectivity index (χ1n) is 7.42. The maximum absolute atomic E-state index is 12.1. The first-order chi connectivity index (χ1) is 10.6. The second kappa shape index (κ2) is 6.17. The molecule has 0 unspecified atom stereocenters. The van der Waals surface area contributed by atoms with Crippen LogP contribution in [0.5, 0.6) is 0 Å². The summed E-state index contributed by atoms with van der Waals surface area (Å²) in [4.78, 5) is 37.7. The van der Waals surface area contributed by atoms with Gasteiger partial charge in [-0.05, 0) is 12.0 Å². The van der Waals surface area contributed by atoms with Gasteiger partial charge in [-0.25, -0.2) is 9.69 Å². The van der Waals surface area contributed by atoms with Crippen LogP contribution in [0.1, 0.15) is 12.0 Å². The second-order valence-corrected chi connectivity index (χ2v) is 5.71. The van der Waals surface area contributed by atoms with E-state index in [0.29, 0.717) is 26.1 Å². The Kier molecular flexibility index (Phi) is 4.09. The Hall–Kier alpha value is -2.37. The van der Waals surface area contributed by atoms with Crippen LogP contribution in [0, 0.1) is 5.92 Å². The highest BCUT2D eigenvalue weighted by molar-refractivity contribution is 5.97. The average molecular weight is 302 g/mol. The number of aryl methyl sites for hydroxylation is 1. The average Bonchev–Trinajstić information content (AvgIpc) is 2.80. The normalized spacial score (nSPS) is 18.4. The summed E-state index contributed by atoms with van der Waals surface area (Å²) in [5.41, 5.74) is 1.15. The van der Waals surface area contributed by atoms with Gasteiger partial charge in [-0.3, -0.25) is 9.59 Å². The molecule has 22 heavy (non-hydrogen) atoms. The van der Waals surface area contributed by atoms with E-state index in [2.05, 4.69) is 4.74 Å². The quantitative estimate of drug-likeness (QED) is 0.815. The third-order valence-corrected chi connectivity index (χ3v) is 4.06. The predicted octanol–water partition coefficient (Wildman–Crippen LogP) is 1.06. The number of rotatable bonds is 5. The lowest BCUT2D eigenvalue weighted by molar-refractivity contribution is -0.138. The van der Waals surface area contributed by atoms with E-state index in [4.69, 9.17) is 0 Å². The van der Waals surface area contributed by atoms with Crippen molar-refractivity contribution >= 4 is 17.9 Å². The fourth-order valence-electron chi connectivity index (χ4n) is 2.76. The lowest BCUT2D eigenvalue weighted by Crippen LogP contribution is -2.54. The van der Waals surface area contributed by atoms with Gasteiger partial charge in [-0.1, -0.05) is 30.3 Å². The Morgan fingerprint density at radius 2 is 1.91 bits per heavy atom. The van der Waals surface area contributed by atoms with Crippen molar-refractivity contribution in [2.75, 3.05) is 26.2 Å². The lowest BCUT2D eigenvalue weighted by atomic mass is 9.98. The molecule has 2 heterocycles. The zero-order chi connectivity index (χ0) is 15.5. The smallest absolute Gasteiger partial charge is 0.417 e. The first kappa shape index (κ1) is 14.6. The molecule has 0 radical (unpaired) electrons. The van der Waals surface area contributed by atoms with Crippen molar-refractivity contribution in [3.05, 3.63) is 35.9 Å². The molecule has 2 aliphatic heterocycles. The van der Waals surface area contributed by atoms with Gasteiger partial charge in [0.1, 0.15) is 0 Å². The van der Waals surface area contributed by atoms with Crippen LogP contribution in [0.4, 0.5) is 4.79 Å². The van der Waals surface area contributed by atoms with Crippen LogP contribution in [0.3, 0.4) is 0 Å². The molecular weight excluding hydrogens is 284 g/mol. The van der Waals surface area contributed by atoms with Crippen molar-refractivity contribution in [2.24, 2.45) is 5.92 Å². The molecule has 3 amide bonds. The van der Waals surface area contributed by atoms with Gasteiger partial charge in [0.15, 0.2) is 6.61 Å². The predicted molar refractivity (Wildman–Crippen MR) is 77.9 cm³/mol. The van der Waals surface area contributed by atoms with E-state index in [1.165, 1.54) is 0 Å². The molecule has 0 aliphatic carbocycles. The highest BCUT2D eigenvalue weighted by Gasteiger charge is 2.37. The van der Waals surface area contributed by atoms with Crippen LogP contribution in [-0.4, -0.2) is 53.9 Å². The summed E-state index contributed by atoms with van der Waals surface area (Å²) >= 11 is 0. The molecule has 6 nitrogen and oxygen atoms in total. The fraction of sp³-hybridized carbons (Fsp3) is 0.438. The van der Waals surface area contributed by atoms with Crippen LogP contribution in [0.15, 0.2) is 30.3 Å². The van der Waals surface area contributed by atoms with Crippen molar-refractivity contribution in [3.63, 3.8) is 0 Å². The molecule has 0 saturated carbocycles. The Morgan fingerprint density at radius 3 is 2.55 bits per heavy atom. The van der Waals surface area contributed by atoms with E-state index in [1.807, 2.05) is 30.3 Å². The van der Waals surface area contributed by atoms with Gasteiger partial charge in [0.2, 0.25) is 5.91 Å². The highest BCUT2D eigenvalue weighted by atomic mass is 16.6. The lowest BCUT2D eigenvalue weighted by Gasteiger charge is -2.40. The van der Waals surface area contributed by atoms with Gasteiger partial charge in [-0.15, -0.1) is 0 Å². The third-order valence-electron chi connectivity index (χ3n) is 4.06. The molecule has 1 aromatic carbocycles. The van der Waals surface area contributed by atoms with Gasteiger partial charge >= 0.3 is 6.09 Å². The van der Waals surface area contributed by atoms with Crippen molar-refractivity contribution < 1.29 is 19.1 Å². The number of benzene rings is 1. The summed E-state index contributed by atoms with van der Waals surface area (Å²) in [6, 6.07) is 9.90. The molecule has 0 aromatic heterocycles. The van der Waals surface area contributed by atoms with Crippen LogP contribution >= 0.6 is 0 Å². The number of imide groups is 1. The number of hydrogen-bond donors (Lipinski definition) is 0. The van der Waals surface area contributed by atoms with Gasteiger partial charge in [0.05, 0.1) is 0 Å². The summed E-state index contributed by atoms with van der Waals surface area (Å²) in [5, 5.41) is 0. The summed E-state index contributed by atoms with van der Waals surface area (Å²) in [5.74, 6) is -0.00967. The minimum Gasteiger partial charge on any atom is -0.439 e. The van der Waals surface area contributed by atoms with Crippen molar-refractivity contribution in [3.8, 4) is 0 Å². The fourth-order valence-corrected chi connectivity index (χ4v) is 2.76. The van der Waals surface area contributed by atoms with Crippen molar-refractivity contribution in [2.45, 2.75) is 12.8 Å². The van der Waals surface area contributed by atoms with Gasteiger partial charge in [0.25, 0.3) is 5.91 Å². The second-order valence-electron chi connectivity index (χ2n) is 5.71. The minimum absolute atomic E-state index is 0.121. The summed E-state index contributed by atoms with van der Waals surface area (Å²) in [6.07, 6.45) is 0.651. The van der Waals surface area contributed by atoms with E-state index < -0.39 is 6.09 Å².